The number of nitrogens with zero attached hydrogens (tertiary/aromatic N) is 1. The molecule has 0 saturated carbocycles. The number of benzene rings is 2. The maximum atomic E-state index is 12.2. The first-order valence-corrected chi connectivity index (χ1v) is 6.93. The van der Waals surface area contributed by atoms with Gasteiger partial charge in [0.2, 0.25) is 5.91 Å². The van der Waals surface area contributed by atoms with Crippen LogP contribution in [0.25, 0.3) is 0 Å². The van der Waals surface area contributed by atoms with Gasteiger partial charge in [-0.1, -0.05) is 30.3 Å². The molecule has 2 aromatic carbocycles. The Morgan fingerprint density at radius 3 is 2.59 bits per heavy atom. The third kappa shape index (κ3) is 2.41. The zero-order valence-corrected chi connectivity index (χ0v) is 12.0. The molecule has 5 nitrogen and oxygen atoms in total. The van der Waals surface area contributed by atoms with E-state index in [0.717, 1.165) is 5.56 Å². The van der Waals surface area contributed by atoms with Crippen LogP contribution < -0.4 is 9.64 Å². The molecule has 1 unspecified atom stereocenters. The largest absolute Gasteiger partial charge is 0.481 e. The Hall–Kier alpha value is -2.82. The van der Waals surface area contributed by atoms with E-state index in [0.29, 0.717) is 17.2 Å². The molecule has 0 radical (unpaired) electrons. The molecule has 0 aliphatic carbocycles. The van der Waals surface area contributed by atoms with Crippen molar-refractivity contribution in [1.29, 1.82) is 0 Å². The average Bonchev–Trinajstić information content (AvgIpc) is 2.51. The minimum absolute atomic E-state index is 0.180. The molecule has 2 aromatic rings. The van der Waals surface area contributed by atoms with Gasteiger partial charge in [-0.15, -0.1) is 0 Å². The highest BCUT2D eigenvalue weighted by molar-refractivity contribution is 6.08. The van der Waals surface area contributed by atoms with Crippen molar-refractivity contribution in [3.63, 3.8) is 0 Å². The Labute approximate surface area is 127 Å². The molecule has 5 heteroatoms. The van der Waals surface area contributed by atoms with Crippen LogP contribution in [0.2, 0.25) is 0 Å². The average molecular weight is 297 g/mol. The molecule has 1 aliphatic heterocycles. The van der Waals surface area contributed by atoms with Crippen molar-refractivity contribution >= 4 is 17.6 Å². The predicted molar refractivity (Wildman–Crippen MR) is 81.2 cm³/mol. The fourth-order valence-corrected chi connectivity index (χ4v) is 2.66. The van der Waals surface area contributed by atoms with Gasteiger partial charge in [-0.2, -0.15) is 0 Å². The summed E-state index contributed by atoms with van der Waals surface area (Å²) in [6.45, 7) is 0. The molecule has 22 heavy (non-hydrogen) atoms. The Bertz CT molecular complexity index is 727. The molecule has 0 spiro atoms. The molecule has 0 bridgehead atoms. The number of amides is 1. The van der Waals surface area contributed by atoms with Crippen LogP contribution in [-0.4, -0.2) is 24.0 Å². The van der Waals surface area contributed by atoms with Crippen molar-refractivity contribution in [2.45, 2.75) is 6.42 Å². The summed E-state index contributed by atoms with van der Waals surface area (Å²) in [6.07, 6.45) is 0.180. The van der Waals surface area contributed by atoms with E-state index in [1.165, 1.54) is 4.90 Å². The second-order valence-electron chi connectivity index (χ2n) is 5.17. The zero-order chi connectivity index (χ0) is 15.7. The fraction of sp³-hybridized carbons (Fsp3) is 0.176. The topological polar surface area (TPSA) is 66.8 Å². The summed E-state index contributed by atoms with van der Waals surface area (Å²) in [7, 11) is 1.58. The van der Waals surface area contributed by atoms with Gasteiger partial charge >= 0.3 is 5.97 Å². The van der Waals surface area contributed by atoms with Gasteiger partial charge in [0.05, 0.1) is 5.69 Å². The van der Waals surface area contributed by atoms with Crippen molar-refractivity contribution < 1.29 is 19.4 Å². The summed E-state index contributed by atoms with van der Waals surface area (Å²) in [5, 5.41) is 9.18. The molecule has 0 saturated heterocycles. The first kappa shape index (κ1) is 14.1. The smallest absolute Gasteiger partial charge is 0.316 e. The van der Waals surface area contributed by atoms with Crippen LogP contribution in [0.5, 0.6) is 11.5 Å². The van der Waals surface area contributed by atoms with Crippen molar-refractivity contribution in [1.82, 2.24) is 0 Å². The summed E-state index contributed by atoms with van der Waals surface area (Å²) < 4.78 is 5.85. The summed E-state index contributed by atoms with van der Waals surface area (Å²) in [4.78, 5) is 24.8. The van der Waals surface area contributed by atoms with E-state index >= 15 is 0 Å². The quantitative estimate of drug-likeness (QED) is 0.885. The molecule has 3 rings (SSSR count). The Morgan fingerprint density at radius 1 is 1.18 bits per heavy atom. The van der Waals surface area contributed by atoms with Crippen LogP contribution in [0, 0.1) is 5.92 Å². The number of hydrogen-bond donors (Lipinski definition) is 1. The predicted octanol–water partition coefficient (Wildman–Crippen LogP) is 2.70. The monoisotopic (exact) mass is 297 g/mol. The number of ether oxygens (including phenoxy) is 1. The number of aliphatic carboxylic acids is 1. The number of fused-ring (bicyclic) bond motifs is 1. The summed E-state index contributed by atoms with van der Waals surface area (Å²) >= 11 is 0. The lowest BCUT2D eigenvalue weighted by Gasteiger charge is -2.31. The van der Waals surface area contributed by atoms with Gasteiger partial charge in [0, 0.05) is 7.05 Å². The van der Waals surface area contributed by atoms with Crippen molar-refractivity contribution in [3.05, 3.63) is 54.1 Å². The molecule has 1 aliphatic rings. The number of carboxylic acids is 1. The standard InChI is InChI=1S/C17H15NO4/c1-18-15-11(10-13(16(18)19)17(20)21)6-5-9-14(15)22-12-7-3-2-4-8-12/h2-9,13H,10H2,1H3,(H,20,21). The third-order valence-corrected chi connectivity index (χ3v) is 3.74. The second-order valence-corrected chi connectivity index (χ2v) is 5.17. The first-order valence-electron chi connectivity index (χ1n) is 6.93. The highest BCUT2D eigenvalue weighted by Gasteiger charge is 2.37. The molecule has 1 heterocycles. The van der Waals surface area contributed by atoms with Gasteiger partial charge in [0.15, 0.2) is 5.75 Å². The fourth-order valence-electron chi connectivity index (χ4n) is 2.66. The number of anilines is 1. The lowest BCUT2D eigenvalue weighted by atomic mass is 9.91. The molecular formula is C17H15NO4. The van der Waals surface area contributed by atoms with E-state index in [1.54, 1.807) is 19.2 Å². The summed E-state index contributed by atoms with van der Waals surface area (Å²) in [6, 6.07) is 14.7. The first-order chi connectivity index (χ1) is 10.6. The summed E-state index contributed by atoms with van der Waals surface area (Å²) in [5.41, 5.74) is 1.43. The Kier molecular flexibility index (Phi) is 3.55. The van der Waals surface area contributed by atoms with Gasteiger partial charge in [-0.25, -0.2) is 0 Å². The van der Waals surface area contributed by atoms with Crippen molar-refractivity contribution in [3.8, 4) is 11.5 Å². The van der Waals surface area contributed by atoms with E-state index in [-0.39, 0.29) is 6.42 Å². The van der Waals surface area contributed by atoms with Crippen molar-refractivity contribution in [2.24, 2.45) is 5.92 Å². The molecule has 1 N–H and O–H groups in total. The van der Waals surface area contributed by atoms with Crippen LogP contribution in [0.3, 0.4) is 0 Å². The molecule has 0 fully saturated rings. The Balaban J connectivity index is 2.01. The van der Waals surface area contributed by atoms with E-state index in [4.69, 9.17) is 4.74 Å². The Morgan fingerprint density at radius 2 is 1.91 bits per heavy atom. The maximum absolute atomic E-state index is 12.2. The number of carbonyl (C=O) groups is 2. The number of hydrogen-bond acceptors (Lipinski definition) is 3. The van der Waals surface area contributed by atoms with Crippen molar-refractivity contribution in [2.75, 3.05) is 11.9 Å². The third-order valence-electron chi connectivity index (χ3n) is 3.74. The van der Waals surface area contributed by atoms with Crippen LogP contribution in [0.1, 0.15) is 5.56 Å². The minimum Gasteiger partial charge on any atom is -0.481 e. The van der Waals surface area contributed by atoms with E-state index in [1.807, 2.05) is 36.4 Å². The summed E-state index contributed by atoms with van der Waals surface area (Å²) in [5.74, 6) is -1.36. The lowest BCUT2D eigenvalue weighted by Crippen LogP contribution is -2.42. The molecule has 1 atom stereocenters. The number of carbonyl (C=O) groups excluding carboxylic acids is 1. The lowest BCUT2D eigenvalue weighted by molar-refractivity contribution is -0.146. The van der Waals surface area contributed by atoms with Gasteiger partial charge in [0.1, 0.15) is 11.7 Å². The molecule has 1 amide bonds. The highest BCUT2D eigenvalue weighted by atomic mass is 16.5. The van der Waals surface area contributed by atoms with Gasteiger partial charge in [-0.3, -0.25) is 9.59 Å². The van der Waals surface area contributed by atoms with Crippen LogP contribution in [0.15, 0.2) is 48.5 Å². The van der Waals surface area contributed by atoms with Gasteiger partial charge in [0.25, 0.3) is 0 Å². The van der Waals surface area contributed by atoms with Crippen LogP contribution in [-0.2, 0) is 16.0 Å². The SMILES string of the molecule is CN1C(=O)C(C(=O)O)Cc2cccc(Oc3ccccc3)c21. The van der Waals surface area contributed by atoms with E-state index in [2.05, 4.69) is 0 Å². The van der Waals surface area contributed by atoms with E-state index < -0.39 is 17.8 Å². The molecule has 0 aromatic heterocycles. The van der Waals surface area contributed by atoms with Gasteiger partial charge < -0.3 is 14.7 Å². The molecule has 112 valence electrons. The van der Waals surface area contributed by atoms with E-state index in [9.17, 15) is 14.7 Å². The number of rotatable bonds is 3. The minimum atomic E-state index is -1.10. The van der Waals surface area contributed by atoms with Crippen LogP contribution in [0.4, 0.5) is 5.69 Å². The zero-order valence-electron chi connectivity index (χ0n) is 12.0. The maximum Gasteiger partial charge on any atom is 0.316 e. The van der Waals surface area contributed by atoms with Crippen LogP contribution >= 0.6 is 0 Å². The second kappa shape index (κ2) is 5.52. The molecular weight excluding hydrogens is 282 g/mol. The highest BCUT2D eigenvalue weighted by Crippen LogP contribution is 2.39. The number of carboxylic acid groups (broad SMARTS) is 1. The van der Waals surface area contributed by atoms with Gasteiger partial charge in [-0.05, 0) is 30.2 Å². The normalized spacial score (nSPS) is 17.0. The number of para-hydroxylation sites is 2.